The molecule has 10 heteroatoms. The number of hydrogen-bond acceptors (Lipinski definition) is 6. The van der Waals surface area contributed by atoms with Crippen LogP contribution in [-0.4, -0.2) is 35.2 Å². The van der Waals surface area contributed by atoms with E-state index in [0.29, 0.717) is 17.1 Å². The number of carbonyl (C=O) groups excluding carboxylic acids is 1. The maximum Gasteiger partial charge on any atom is 0.270 e. The number of aliphatic imine (C=N–C) groups is 1. The molecule has 0 spiro atoms. The van der Waals surface area contributed by atoms with Gasteiger partial charge in [0.25, 0.3) is 15.9 Å². The van der Waals surface area contributed by atoms with E-state index in [1.807, 2.05) is 19.1 Å². The Hall–Kier alpha value is -3.53. The number of primary amides is 1. The Bertz CT molecular complexity index is 1200. The largest absolute Gasteiger partial charge is 0.364 e. The van der Waals surface area contributed by atoms with E-state index in [-0.39, 0.29) is 16.6 Å². The number of sulfonamides is 1. The third kappa shape index (κ3) is 3.14. The predicted molar refractivity (Wildman–Crippen MR) is 102 cm³/mol. The first-order valence-corrected chi connectivity index (χ1v) is 9.86. The zero-order valence-electron chi connectivity index (χ0n) is 14.8. The number of aromatic nitrogens is 3. The lowest BCUT2D eigenvalue weighted by molar-refractivity contribution is 0.0995. The minimum absolute atomic E-state index is 0.0797. The summed E-state index contributed by atoms with van der Waals surface area (Å²) >= 11 is 0. The van der Waals surface area contributed by atoms with Crippen LogP contribution in [-0.2, 0) is 10.0 Å². The highest BCUT2D eigenvalue weighted by atomic mass is 32.2. The molecule has 2 aromatic carbocycles. The highest BCUT2D eigenvalue weighted by Gasteiger charge is 2.30. The molecular formula is C18H16N6O3S. The van der Waals surface area contributed by atoms with Gasteiger partial charge in [-0.2, -0.15) is 0 Å². The molecule has 28 heavy (non-hydrogen) atoms. The third-order valence-corrected chi connectivity index (χ3v) is 5.77. The van der Waals surface area contributed by atoms with Crippen molar-refractivity contribution in [1.29, 1.82) is 0 Å². The van der Waals surface area contributed by atoms with Gasteiger partial charge in [-0.05, 0) is 36.8 Å². The monoisotopic (exact) mass is 396 g/mol. The summed E-state index contributed by atoms with van der Waals surface area (Å²) in [7, 11) is -3.57. The average molecular weight is 396 g/mol. The van der Waals surface area contributed by atoms with Gasteiger partial charge in [0.1, 0.15) is 5.84 Å². The maximum absolute atomic E-state index is 12.2. The number of benzene rings is 2. The molecule has 0 fully saturated rings. The highest BCUT2D eigenvalue weighted by molar-refractivity contribution is 7.90. The third-order valence-electron chi connectivity index (χ3n) is 4.37. The molecular weight excluding hydrogens is 380 g/mol. The normalized spacial score (nSPS) is 17.1. The van der Waals surface area contributed by atoms with Crippen LogP contribution in [0.25, 0.3) is 5.69 Å². The fourth-order valence-corrected chi connectivity index (χ4v) is 4.15. The van der Waals surface area contributed by atoms with Crippen molar-refractivity contribution in [1.82, 2.24) is 19.7 Å². The summed E-state index contributed by atoms with van der Waals surface area (Å²) in [4.78, 5) is 15.9. The minimum atomic E-state index is -3.57. The van der Waals surface area contributed by atoms with Gasteiger partial charge in [0.15, 0.2) is 5.69 Å². The summed E-state index contributed by atoms with van der Waals surface area (Å²) < 4.78 is 28.3. The molecule has 2 heterocycles. The quantitative estimate of drug-likeness (QED) is 0.683. The lowest BCUT2D eigenvalue weighted by atomic mass is 10.1. The number of nitrogens with zero attached hydrogens (tertiary/aromatic N) is 4. The van der Waals surface area contributed by atoms with Gasteiger partial charge >= 0.3 is 0 Å². The highest BCUT2D eigenvalue weighted by Crippen LogP contribution is 2.25. The Morgan fingerprint density at radius 3 is 2.57 bits per heavy atom. The van der Waals surface area contributed by atoms with Crippen molar-refractivity contribution >= 4 is 21.8 Å². The smallest absolute Gasteiger partial charge is 0.270 e. The van der Waals surface area contributed by atoms with E-state index < -0.39 is 15.9 Å². The van der Waals surface area contributed by atoms with Crippen LogP contribution in [0.3, 0.4) is 0 Å². The van der Waals surface area contributed by atoms with Gasteiger partial charge in [-0.3, -0.25) is 14.5 Å². The Labute approximate surface area is 161 Å². The summed E-state index contributed by atoms with van der Waals surface area (Å²) in [6.45, 7) is 1.87. The van der Waals surface area contributed by atoms with E-state index in [2.05, 4.69) is 20.0 Å². The molecule has 0 aliphatic carbocycles. The number of amides is 1. The zero-order chi connectivity index (χ0) is 19.9. The first-order valence-electron chi connectivity index (χ1n) is 8.38. The van der Waals surface area contributed by atoms with Crippen molar-refractivity contribution in [3.63, 3.8) is 0 Å². The van der Waals surface area contributed by atoms with Crippen molar-refractivity contribution in [2.24, 2.45) is 10.7 Å². The number of fused-ring (bicyclic) bond motifs is 1. The fourth-order valence-electron chi connectivity index (χ4n) is 2.91. The van der Waals surface area contributed by atoms with Crippen molar-refractivity contribution < 1.29 is 13.2 Å². The molecule has 0 radical (unpaired) electrons. The summed E-state index contributed by atoms with van der Waals surface area (Å²) in [5, 5.41) is 7.57. The summed E-state index contributed by atoms with van der Waals surface area (Å²) in [5.74, 6) is -0.318. The number of carbonyl (C=O) groups is 1. The van der Waals surface area contributed by atoms with Gasteiger partial charge in [-0.25, -0.2) is 13.1 Å². The van der Waals surface area contributed by atoms with Crippen LogP contribution in [0.15, 0.2) is 64.6 Å². The Morgan fingerprint density at radius 1 is 1.18 bits per heavy atom. The van der Waals surface area contributed by atoms with Crippen LogP contribution in [0.4, 0.5) is 0 Å². The van der Waals surface area contributed by atoms with Crippen LogP contribution < -0.4 is 10.5 Å². The summed E-state index contributed by atoms with van der Waals surface area (Å²) in [5.41, 5.74) is 7.41. The SMILES string of the molecule is C[C@H](N=C1NS(=O)(=O)c2ccccc21)c1ccc(-n2cc(C(N)=O)nn2)cc1. The zero-order valence-corrected chi connectivity index (χ0v) is 15.6. The lowest BCUT2D eigenvalue weighted by Crippen LogP contribution is -2.22. The number of nitrogens with two attached hydrogens (primary N) is 1. The fraction of sp³-hybridized carbons (Fsp3) is 0.111. The summed E-state index contributed by atoms with van der Waals surface area (Å²) in [6, 6.07) is 13.8. The van der Waals surface area contributed by atoms with E-state index in [0.717, 1.165) is 5.56 Å². The van der Waals surface area contributed by atoms with Crippen molar-refractivity contribution in [3.8, 4) is 5.69 Å². The second-order valence-corrected chi connectivity index (χ2v) is 7.91. The van der Waals surface area contributed by atoms with Crippen LogP contribution in [0.1, 0.15) is 34.6 Å². The Balaban J connectivity index is 1.60. The van der Waals surface area contributed by atoms with Gasteiger partial charge in [-0.1, -0.05) is 29.5 Å². The standard InChI is InChI=1S/C18H16N6O3S/c1-11(20-18-14-4-2-3-5-16(14)28(26,27)22-18)12-6-8-13(9-7-12)24-10-15(17(19)25)21-23-24/h2-11H,1H3,(H2,19,25)(H,20,22)/t11-/m0/s1. The lowest BCUT2D eigenvalue weighted by Gasteiger charge is -2.10. The minimum Gasteiger partial charge on any atom is -0.364 e. The number of hydrogen-bond donors (Lipinski definition) is 2. The van der Waals surface area contributed by atoms with E-state index in [9.17, 15) is 13.2 Å². The molecule has 1 aliphatic heterocycles. The van der Waals surface area contributed by atoms with Crippen molar-refractivity contribution in [2.45, 2.75) is 17.9 Å². The predicted octanol–water partition coefficient (Wildman–Crippen LogP) is 1.17. The molecule has 0 bridgehead atoms. The molecule has 142 valence electrons. The molecule has 1 aliphatic rings. The molecule has 1 atom stereocenters. The van der Waals surface area contributed by atoms with Crippen LogP contribution in [0.5, 0.6) is 0 Å². The molecule has 1 aromatic heterocycles. The molecule has 1 amide bonds. The van der Waals surface area contributed by atoms with Crippen LogP contribution in [0.2, 0.25) is 0 Å². The molecule has 0 saturated heterocycles. The number of nitrogens with one attached hydrogen (secondary N) is 1. The van der Waals surface area contributed by atoms with Gasteiger partial charge in [-0.15, -0.1) is 5.10 Å². The first kappa shape index (κ1) is 17.9. The molecule has 3 aromatic rings. The Kier molecular flexibility index (Phi) is 4.19. The molecule has 4 rings (SSSR count). The van der Waals surface area contributed by atoms with Gasteiger partial charge in [0.2, 0.25) is 0 Å². The van der Waals surface area contributed by atoms with E-state index in [1.54, 1.807) is 36.4 Å². The maximum atomic E-state index is 12.2. The van der Waals surface area contributed by atoms with Crippen molar-refractivity contribution in [3.05, 3.63) is 71.5 Å². The van der Waals surface area contributed by atoms with E-state index in [1.165, 1.54) is 10.9 Å². The summed E-state index contributed by atoms with van der Waals surface area (Å²) in [6.07, 6.45) is 1.45. The topological polar surface area (TPSA) is 132 Å². The second kappa shape index (κ2) is 6.57. The van der Waals surface area contributed by atoms with Crippen molar-refractivity contribution in [2.75, 3.05) is 0 Å². The molecule has 0 saturated carbocycles. The van der Waals surface area contributed by atoms with Gasteiger partial charge in [0, 0.05) is 5.56 Å². The van der Waals surface area contributed by atoms with Gasteiger partial charge < -0.3 is 5.73 Å². The number of rotatable bonds is 4. The second-order valence-electron chi connectivity index (χ2n) is 6.26. The average Bonchev–Trinajstić information content (AvgIpc) is 3.26. The number of amidine groups is 1. The van der Waals surface area contributed by atoms with E-state index >= 15 is 0 Å². The Morgan fingerprint density at radius 2 is 1.89 bits per heavy atom. The van der Waals surface area contributed by atoms with Crippen LogP contribution >= 0.6 is 0 Å². The molecule has 3 N–H and O–H groups in total. The van der Waals surface area contributed by atoms with Crippen LogP contribution in [0, 0.1) is 0 Å². The van der Waals surface area contributed by atoms with Gasteiger partial charge in [0.05, 0.1) is 22.8 Å². The van der Waals surface area contributed by atoms with E-state index in [4.69, 9.17) is 5.73 Å². The molecule has 9 nitrogen and oxygen atoms in total. The first-order chi connectivity index (χ1) is 13.3. The molecule has 0 unspecified atom stereocenters.